The van der Waals surface area contributed by atoms with Gasteiger partial charge in [0.15, 0.2) is 0 Å². The van der Waals surface area contributed by atoms with Gasteiger partial charge in [-0.3, -0.25) is 9.48 Å². The average molecular weight is 359 g/mol. The van der Waals surface area contributed by atoms with Crippen LogP contribution < -0.4 is 4.74 Å². The predicted octanol–water partition coefficient (Wildman–Crippen LogP) is 1.02. The molecule has 1 fully saturated rings. The Morgan fingerprint density at radius 1 is 1.38 bits per heavy atom. The smallest absolute Gasteiger partial charge is 0.223 e. The van der Waals surface area contributed by atoms with Crippen LogP contribution in [0.5, 0.6) is 5.75 Å². The SMILES string of the molecule is Cn1cc(CCC(=O)N2CCOC[C@](O)(COc3ccccc3)C2)cn1. The first-order valence-electron chi connectivity index (χ1n) is 8.77. The van der Waals surface area contributed by atoms with Crippen molar-refractivity contribution in [3.8, 4) is 5.75 Å². The van der Waals surface area contributed by atoms with E-state index in [4.69, 9.17) is 9.47 Å². The number of aliphatic hydroxyl groups is 1. The molecule has 7 heteroatoms. The molecule has 0 aliphatic carbocycles. The van der Waals surface area contributed by atoms with E-state index in [1.54, 1.807) is 15.8 Å². The highest BCUT2D eigenvalue weighted by atomic mass is 16.5. The molecule has 0 saturated carbocycles. The van der Waals surface area contributed by atoms with E-state index in [9.17, 15) is 9.90 Å². The van der Waals surface area contributed by atoms with Gasteiger partial charge in [-0.25, -0.2) is 0 Å². The molecule has 0 spiro atoms. The highest BCUT2D eigenvalue weighted by Gasteiger charge is 2.35. The molecule has 1 aliphatic rings. The predicted molar refractivity (Wildman–Crippen MR) is 95.8 cm³/mol. The summed E-state index contributed by atoms with van der Waals surface area (Å²) in [7, 11) is 1.85. The summed E-state index contributed by atoms with van der Waals surface area (Å²) >= 11 is 0. The molecule has 26 heavy (non-hydrogen) atoms. The van der Waals surface area contributed by atoms with Gasteiger partial charge in [-0.15, -0.1) is 0 Å². The zero-order chi connectivity index (χ0) is 18.4. The summed E-state index contributed by atoms with van der Waals surface area (Å²) in [6, 6.07) is 9.31. The molecule has 2 heterocycles. The van der Waals surface area contributed by atoms with Crippen molar-refractivity contribution < 1.29 is 19.4 Å². The minimum Gasteiger partial charge on any atom is -0.490 e. The number of carbonyl (C=O) groups is 1. The maximum atomic E-state index is 12.6. The molecule has 140 valence electrons. The van der Waals surface area contributed by atoms with Gasteiger partial charge in [0.1, 0.15) is 18.0 Å². The number of aryl methyl sites for hydroxylation is 2. The summed E-state index contributed by atoms with van der Waals surface area (Å²) in [5, 5.41) is 15.0. The van der Waals surface area contributed by atoms with Gasteiger partial charge < -0.3 is 19.5 Å². The number of carbonyl (C=O) groups excluding carboxylic acids is 1. The van der Waals surface area contributed by atoms with Crippen LogP contribution >= 0.6 is 0 Å². The number of hydrogen-bond acceptors (Lipinski definition) is 5. The first-order valence-corrected chi connectivity index (χ1v) is 8.77. The summed E-state index contributed by atoms with van der Waals surface area (Å²) in [6.07, 6.45) is 4.68. The number of rotatable bonds is 6. The van der Waals surface area contributed by atoms with E-state index in [1.165, 1.54) is 0 Å². The van der Waals surface area contributed by atoms with Crippen LogP contribution in [0, 0.1) is 0 Å². The van der Waals surface area contributed by atoms with Crippen molar-refractivity contribution in [2.24, 2.45) is 7.05 Å². The zero-order valence-electron chi connectivity index (χ0n) is 15.0. The topological polar surface area (TPSA) is 76.8 Å². The normalized spacial score (nSPS) is 20.6. The molecule has 0 radical (unpaired) electrons. The lowest BCUT2D eigenvalue weighted by molar-refractivity contribution is -0.134. The van der Waals surface area contributed by atoms with Crippen molar-refractivity contribution in [2.45, 2.75) is 18.4 Å². The third-order valence-electron chi connectivity index (χ3n) is 4.35. The molecule has 1 aliphatic heterocycles. The number of amides is 1. The Morgan fingerprint density at radius 2 is 2.19 bits per heavy atom. The highest BCUT2D eigenvalue weighted by Crippen LogP contribution is 2.17. The molecule has 7 nitrogen and oxygen atoms in total. The Morgan fingerprint density at radius 3 is 2.92 bits per heavy atom. The number of hydrogen-bond donors (Lipinski definition) is 1. The minimum absolute atomic E-state index is 0.00232. The van der Waals surface area contributed by atoms with E-state index < -0.39 is 5.60 Å². The highest BCUT2D eigenvalue weighted by molar-refractivity contribution is 5.76. The van der Waals surface area contributed by atoms with Crippen LogP contribution in [0.25, 0.3) is 0 Å². The van der Waals surface area contributed by atoms with E-state index >= 15 is 0 Å². The van der Waals surface area contributed by atoms with E-state index in [1.807, 2.05) is 43.6 Å². The molecular weight excluding hydrogens is 334 g/mol. The zero-order valence-corrected chi connectivity index (χ0v) is 15.0. The maximum Gasteiger partial charge on any atom is 0.223 e. The molecule has 0 bridgehead atoms. The second-order valence-corrected chi connectivity index (χ2v) is 6.72. The summed E-state index contributed by atoms with van der Waals surface area (Å²) < 4.78 is 12.9. The van der Waals surface area contributed by atoms with Crippen LogP contribution in [-0.2, 0) is 23.0 Å². The average Bonchev–Trinajstić information content (AvgIpc) is 2.96. The third-order valence-corrected chi connectivity index (χ3v) is 4.35. The summed E-state index contributed by atoms with van der Waals surface area (Å²) in [6.45, 7) is 1.30. The minimum atomic E-state index is -1.23. The van der Waals surface area contributed by atoms with Crippen LogP contribution in [0.2, 0.25) is 0 Å². The third kappa shape index (κ3) is 5.06. The van der Waals surface area contributed by atoms with Crippen molar-refractivity contribution in [1.29, 1.82) is 0 Å². The number of benzene rings is 1. The fourth-order valence-corrected chi connectivity index (χ4v) is 2.96. The van der Waals surface area contributed by atoms with Gasteiger partial charge in [0, 0.05) is 26.2 Å². The molecule has 3 rings (SSSR count). The number of nitrogens with zero attached hydrogens (tertiary/aromatic N) is 3. The van der Waals surface area contributed by atoms with Gasteiger partial charge in [-0.05, 0) is 24.1 Å². The fraction of sp³-hybridized carbons (Fsp3) is 0.474. The summed E-state index contributed by atoms with van der Waals surface area (Å²) in [5.41, 5.74) is -0.203. The molecule has 1 atom stereocenters. The van der Waals surface area contributed by atoms with Gasteiger partial charge in [-0.2, -0.15) is 5.10 Å². The number of para-hydroxylation sites is 1. The van der Waals surface area contributed by atoms with Crippen molar-refractivity contribution in [2.75, 3.05) is 32.9 Å². The number of ether oxygens (including phenoxy) is 2. The van der Waals surface area contributed by atoms with Crippen LogP contribution in [0.4, 0.5) is 0 Å². The van der Waals surface area contributed by atoms with Crippen LogP contribution in [0.15, 0.2) is 42.7 Å². The van der Waals surface area contributed by atoms with Gasteiger partial charge in [0.05, 0.1) is 26.0 Å². The Kier molecular flexibility index (Phi) is 5.90. The molecule has 1 aromatic heterocycles. The second kappa shape index (κ2) is 8.33. The Bertz CT molecular complexity index is 719. The van der Waals surface area contributed by atoms with Crippen molar-refractivity contribution >= 4 is 5.91 Å². The standard InChI is InChI=1S/C19H25N3O4/c1-21-12-16(11-20-21)7-8-18(23)22-9-10-25-14-19(24,13-22)15-26-17-5-3-2-4-6-17/h2-6,11-12,24H,7-10,13-15H2,1H3/t19-/m0/s1. The van der Waals surface area contributed by atoms with Gasteiger partial charge in [-0.1, -0.05) is 18.2 Å². The van der Waals surface area contributed by atoms with Gasteiger partial charge in [0.2, 0.25) is 5.91 Å². The molecule has 0 unspecified atom stereocenters. The molecule has 1 N–H and O–H groups in total. The molecule has 1 aromatic carbocycles. The van der Waals surface area contributed by atoms with E-state index in [0.717, 1.165) is 5.56 Å². The largest absolute Gasteiger partial charge is 0.490 e. The van der Waals surface area contributed by atoms with Gasteiger partial charge >= 0.3 is 0 Å². The van der Waals surface area contributed by atoms with Crippen molar-refractivity contribution in [1.82, 2.24) is 14.7 Å². The summed E-state index contributed by atoms with van der Waals surface area (Å²) in [4.78, 5) is 14.2. The van der Waals surface area contributed by atoms with E-state index in [-0.39, 0.29) is 25.7 Å². The van der Waals surface area contributed by atoms with Crippen molar-refractivity contribution in [3.63, 3.8) is 0 Å². The van der Waals surface area contributed by atoms with Crippen LogP contribution in [-0.4, -0.2) is 64.2 Å². The number of aromatic nitrogens is 2. The lowest BCUT2D eigenvalue weighted by atomic mass is 10.1. The quantitative estimate of drug-likeness (QED) is 0.833. The molecule has 1 saturated heterocycles. The first kappa shape index (κ1) is 18.4. The van der Waals surface area contributed by atoms with Crippen LogP contribution in [0.3, 0.4) is 0 Å². The Hall–Kier alpha value is -2.38. The van der Waals surface area contributed by atoms with E-state index in [2.05, 4.69) is 5.10 Å². The van der Waals surface area contributed by atoms with E-state index in [0.29, 0.717) is 31.7 Å². The van der Waals surface area contributed by atoms with Crippen LogP contribution in [0.1, 0.15) is 12.0 Å². The Balaban J connectivity index is 1.56. The fourth-order valence-electron chi connectivity index (χ4n) is 2.96. The van der Waals surface area contributed by atoms with Gasteiger partial charge in [0.25, 0.3) is 0 Å². The van der Waals surface area contributed by atoms with Crippen molar-refractivity contribution in [3.05, 3.63) is 48.3 Å². The molecule has 1 amide bonds. The first-order chi connectivity index (χ1) is 12.5. The summed E-state index contributed by atoms with van der Waals surface area (Å²) in [5.74, 6) is 0.678. The lowest BCUT2D eigenvalue weighted by Crippen LogP contribution is -2.50. The monoisotopic (exact) mass is 359 g/mol. The number of β-amino-alcohol motifs (C(OH)–C–C–N with tert-alkyl or cyclic N) is 1. The molecule has 2 aromatic rings. The lowest BCUT2D eigenvalue weighted by Gasteiger charge is -2.30. The second-order valence-electron chi connectivity index (χ2n) is 6.72. The Labute approximate surface area is 153 Å². The maximum absolute atomic E-state index is 12.6. The molecular formula is C19H25N3O4.